The third-order valence-corrected chi connectivity index (χ3v) is 7.08. The molecule has 3 heterocycles. The van der Waals surface area contributed by atoms with Crippen molar-refractivity contribution in [1.82, 2.24) is 19.5 Å². The van der Waals surface area contributed by atoms with Gasteiger partial charge in [0.15, 0.2) is 5.65 Å². The summed E-state index contributed by atoms with van der Waals surface area (Å²) in [6.07, 6.45) is 1.06. The molecule has 2 N–H and O–H groups in total. The summed E-state index contributed by atoms with van der Waals surface area (Å²) in [5.74, 6) is 1.22. The molecule has 0 bridgehead atoms. The number of hydrogen-bond donors (Lipinski definition) is 2. The van der Waals surface area contributed by atoms with Crippen LogP contribution in [0.2, 0.25) is 0 Å². The van der Waals surface area contributed by atoms with Gasteiger partial charge in [-0.2, -0.15) is 23.4 Å². The van der Waals surface area contributed by atoms with E-state index < -0.39 is 11.7 Å². The van der Waals surface area contributed by atoms with E-state index in [9.17, 15) is 18.4 Å². The molecule has 1 aromatic carbocycles. The first kappa shape index (κ1) is 24.3. The molecule has 1 saturated heterocycles. The molecule has 1 aliphatic heterocycles. The van der Waals surface area contributed by atoms with Crippen molar-refractivity contribution < 1.29 is 17.9 Å². The van der Waals surface area contributed by atoms with Crippen LogP contribution in [-0.2, 0) is 10.9 Å². The standard InChI is InChI=1S/C25H28F3N7O/c1-15-14-36-10-9-20(15)32-23-30-13-21-22(34-23)35(19-7-5-16(12-29)6-8-19)24(33-21)31-18-4-2-3-17(11-18)25(26,27)28/h2-4,11,13,15-16,19-20H,5-10,14H2,1H3,(H,31,33)(H,30,32,34)/t15-,16?,19?,20+/m1/s1. The van der Waals surface area contributed by atoms with Crippen LogP contribution in [-0.4, -0.2) is 38.8 Å². The van der Waals surface area contributed by atoms with Gasteiger partial charge in [-0.15, -0.1) is 0 Å². The molecule has 2 aromatic heterocycles. The van der Waals surface area contributed by atoms with Crippen molar-refractivity contribution in [3.63, 3.8) is 0 Å². The predicted octanol–water partition coefficient (Wildman–Crippen LogP) is 5.68. The molecule has 2 atom stereocenters. The second-order valence-corrected chi connectivity index (χ2v) is 9.64. The van der Waals surface area contributed by atoms with Crippen molar-refractivity contribution >= 4 is 28.7 Å². The van der Waals surface area contributed by atoms with Gasteiger partial charge >= 0.3 is 6.18 Å². The van der Waals surface area contributed by atoms with Gasteiger partial charge in [0, 0.05) is 30.3 Å². The summed E-state index contributed by atoms with van der Waals surface area (Å²) in [5.41, 5.74) is 0.718. The monoisotopic (exact) mass is 499 g/mol. The number of nitrogens with zero attached hydrogens (tertiary/aromatic N) is 5. The van der Waals surface area contributed by atoms with Gasteiger partial charge in [-0.3, -0.25) is 4.57 Å². The molecular weight excluding hydrogens is 471 g/mol. The lowest BCUT2D eigenvalue weighted by atomic mass is 9.87. The van der Waals surface area contributed by atoms with Crippen LogP contribution in [0, 0.1) is 23.2 Å². The molecule has 0 amide bonds. The van der Waals surface area contributed by atoms with E-state index in [1.54, 1.807) is 12.3 Å². The number of imidazole rings is 1. The number of ether oxygens (including phenoxy) is 1. The van der Waals surface area contributed by atoms with Crippen LogP contribution in [0.4, 0.5) is 30.8 Å². The maximum Gasteiger partial charge on any atom is 0.416 e. The van der Waals surface area contributed by atoms with E-state index in [0.717, 1.165) is 44.2 Å². The fourth-order valence-corrected chi connectivity index (χ4v) is 5.02. The number of anilines is 3. The maximum absolute atomic E-state index is 13.3. The lowest BCUT2D eigenvalue weighted by molar-refractivity contribution is -0.137. The Hall–Kier alpha value is -3.39. The van der Waals surface area contributed by atoms with Gasteiger partial charge in [0.25, 0.3) is 0 Å². The van der Waals surface area contributed by atoms with Crippen LogP contribution in [0.15, 0.2) is 30.5 Å². The molecule has 1 aliphatic carbocycles. The minimum Gasteiger partial charge on any atom is -0.381 e. The number of benzene rings is 1. The number of nitrogens with one attached hydrogen (secondary N) is 2. The summed E-state index contributed by atoms with van der Waals surface area (Å²) >= 11 is 0. The normalized spacial score (nSPS) is 24.9. The second kappa shape index (κ2) is 9.93. The van der Waals surface area contributed by atoms with Gasteiger partial charge in [0.05, 0.1) is 24.4 Å². The SMILES string of the molecule is C[C@@H]1COCC[C@@H]1Nc1ncc2nc(Nc3cccc(C(F)(F)F)c3)n(C3CCC(C#N)CC3)c2n1. The zero-order valence-electron chi connectivity index (χ0n) is 19.9. The molecule has 3 aromatic rings. The molecule has 1 saturated carbocycles. The van der Waals surface area contributed by atoms with Gasteiger partial charge in [0.1, 0.15) is 5.52 Å². The number of halogens is 3. The van der Waals surface area contributed by atoms with Crippen LogP contribution < -0.4 is 10.6 Å². The second-order valence-electron chi connectivity index (χ2n) is 9.64. The maximum atomic E-state index is 13.3. The van der Waals surface area contributed by atoms with E-state index in [4.69, 9.17) is 9.72 Å². The summed E-state index contributed by atoms with van der Waals surface area (Å²) < 4.78 is 47.3. The zero-order valence-corrected chi connectivity index (χ0v) is 19.9. The highest BCUT2D eigenvalue weighted by Crippen LogP contribution is 2.37. The summed E-state index contributed by atoms with van der Waals surface area (Å²) in [5, 5.41) is 15.8. The molecule has 190 valence electrons. The molecule has 8 nitrogen and oxygen atoms in total. The van der Waals surface area contributed by atoms with Crippen molar-refractivity contribution in [1.29, 1.82) is 5.26 Å². The predicted molar refractivity (Wildman–Crippen MR) is 129 cm³/mol. The highest BCUT2D eigenvalue weighted by atomic mass is 19.4. The summed E-state index contributed by atoms with van der Waals surface area (Å²) in [6.45, 7) is 3.46. The molecule has 0 radical (unpaired) electrons. The smallest absolute Gasteiger partial charge is 0.381 e. The average Bonchev–Trinajstić information content (AvgIpc) is 3.22. The Morgan fingerprint density at radius 1 is 1.14 bits per heavy atom. The van der Waals surface area contributed by atoms with Crippen molar-refractivity contribution in [2.75, 3.05) is 23.8 Å². The Kier molecular flexibility index (Phi) is 6.71. The van der Waals surface area contributed by atoms with Crippen molar-refractivity contribution in [3.05, 3.63) is 36.0 Å². The minimum absolute atomic E-state index is 0.0117. The van der Waals surface area contributed by atoms with E-state index in [1.165, 1.54) is 6.07 Å². The molecule has 5 rings (SSSR count). The number of aromatic nitrogens is 4. The fraction of sp³-hybridized carbons (Fsp3) is 0.520. The van der Waals surface area contributed by atoms with Crippen LogP contribution >= 0.6 is 0 Å². The Bertz CT molecular complexity index is 1260. The quantitative estimate of drug-likeness (QED) is 0.466. The highest BCUT2D eigenvalue weighted by Gasteiger charge is 2.31. The van der Waals surface area contributed by atoms with Gasteiger partial charge in [-0.05, 0) is 56.2 Å². The number of fused-ring (bicyclic) bond motifs is 1. The number of alkyl halides is 3. The van der Waals surface area contributed by atoms with Crippen LogP contribution in [0.3, 0.4) is 0 Å². The fourth-order valence-electron chi connectivity index (χ4n) is 5.02. The Morgan fingerprint density at radius 2 is 1.94 bits per heavy atom. The van der Waals surface area contributed by atoms with Crippen LogP contribution in [0.5, 0.6) is 0 Å². The van der Waals surface area contributed by atoms with Crippen molar-refractivity contribution in [3.8, 4) is 6.07 Å². The number of rotatable bonds is 5. The highest BCUT2D eigenvalue weighted by molar-refractivity contribution is 5.76. The van der Waals surface area contributed by atoms with Crippen molar-refractivity contribution in [2.45, 2.75) is 57.3 Å². The number of nitriles is 1. The van der Waals surface area contributed by atoms with E-state index in [0.29, 0.717) is 42.2 Å². The lowest BCUT2D eigenvalue weighted by Gasteiger charge is -2.29. The molecule has 2 fully saturated rings. The topological polar surface area (TPSA) is 101 Å². The lowest BCUT2D eigenvalue weighted by Crippen LogP contribution is -2.36. The van der Waals surface area contributed by atoms with E-state index >= 15 is 0 Å². The third-order valence-electron chi connectivity index (χ3n) is 7.08. The molecule has 0 unspecified atom stereocenters. The van der Waals surface area contributed by atoms with Gasteiger partial charge in [-0.25, -0.2) is 9.97 Å². The minimum atomic E-state index is -4.44. The van der Waals surface area contributed by atoms with E-state index in [1.807, 2.05) is 4.57 Å². The van der Waals surface area contributed by atoms with E-state index in [2.05, 4.69) is 33.6 Å². The molecule has 0 spiro atoms. The zero-order chi connectivity index (χ0) is 25.3. The van der Waals surface area contributed by atoms with Crippen LogP contribution in [0.25, 0.3) is 11.2 Å². The molecule has 2 aliphatic rings. The van der Waals surface area contributed by atoms with E-state index in [-0.39, 0.29) is 23.7 Å². The van der Waals surface area contributed by atoms with Gasteiger partial charge < -0.3 is 15.4 Å². The third kappa shape index (κ3) is 5.09. The molecule has 36 heavy (non-hydrogen) atoms. The van der Waals surface area contributed by atoms with Gasteiger partial charge in [-0.1, -0.05) is 13.0 Å². The first-order valence-electron chi connectivity index (χ1n) is 12.2. The number of hydrogen-bond acceptors (Lipinski definition) is 7. The van der Waals surface area contributed by atoms with Crippen molar-refractivity contribution in [2.24, 2.45) is 11.8 Å². The summed E-state index contributed by atoms with van der Waals surface area (Å²) in [7, 11) is 0. The first-order valence-corrected chi connectivity index (χ1v) is 12.2. The Morgan fingerprint density at radius 3 is 2.67 bits per heavy atom. The Labute approximate surface area is 206 Å². The summed E-state index contributed by atoms with van der Waals surface area (Å²) in [4.78, 5) is 13.9. The first-order chi connectivity index (χ1) is 17.3. The largest absolute Gasteiger partial charge is 0.416 e. The summed E-state index contributed by atoms with van der Waals surface area (Å²) in [6, 6.07) is 7.60. The Balaban J connectivity index is 1.51. The van der Waals surface area contributed by atoms with Crippen LogP contribution in [0.1, 0.15) is 50.6 Å². The molecular formula is C25H28F3N7O. The average molecular weight is 500 g/mol. The van der Waals surface area contributed by atoms with Gasteiger partial charge in [0.2, 0.25) is 11.9 Å². The molecule has 11 heteroatoms.